The van der Waals surface area contributed by atoms with Gasteiger partial charge in [-0.2, -0.15) is 0 Å². The molecule has 0 radical (unpaired) electrons. The van der Waals surface area contributed by atoms with Crippen LogP contribution >= 0.6 is 0 Å². The first-order valence-electron chi connectivity index (χ1n) is 6.93. The molecule has 1 rings (SSSR count). The van der Waals surface area contributed by atoms with Crippen molar-refractivity contribution in [1.29, 1.82) is 0 Å². The van der Waals surface area contributed by atoms with Crippen LogP contribution < -0.4 is 5.32 Å². The Kier molecular flexibility index (Phi) is 5.26. The van der Waals surface area contributed by atoms with Crippen molar-refractivity contribution in [2.75, 3.05) is 6.61 Å². The Bertz CT molecular complexity index is 203. The van der Waals surface area contributed by atoms with E-state index >= 15 is 0 Å². The molecule has 0 amide bonds. The van der Waals surface area contributed by atoms with Crippen LogP contribution in [0.15, 0.2) is 0 Å². The van der Waals surface area contributed by atoms with Crippen LogP contribution in [-0.2, 0) is 4.74 Å². The van der Waals surface area contributed by atoms with Gasteiger partial charge in [-0.3, -0.25) is 0 Å². The number of rotatable bonds is 7. The summed E-state index contributed by atoms with van der Waals surface area (Å²) in [6, 6.07) is 1.33. The number of hydrogen-bond donors (Lipinski definition) is 1. The average Bonchev–Trinajstić information content (AvgIpc) is 2.26. The van der Waals surface area contributed by atoms with Crippen molar-refractivity contribution in [1.82, 2.24) is 5.32 Å². The third-order valence-corrected chi connectivity index (χ3v) is 4.11. The first-order valence-corrected chi connectivity index (χ1v) is 6.93. The van der Waals surface area contributed by atoms with Gasteiger partial charge in [-0.1, -0.05) is 34.1 Å². The summed E-state index contributed by atoms with van der Waals surface area (Å²) in [7, 11) is 0. The van der Waals surface area contributed by atoms with Crippen LogP contribution in [0, 0.1) is 5.41 Å². The maximum atomic E-state index is 5.76. The van der Waals surface area contributed by atoms with Gasteiger partial charge in [0.15, 0.2) is 0 Å². The minimum absolute atomic E-state index is 0.303. The van der Waals surface area contributed by atoms with Gasteiger partial charge >= 0.3 is 0 Å². The van der Waals surface area contributed by atoms with E-state index in [4.69, 9.17) is 4.74 Å². The third kappa shape index (κ3) is 2.98. The van der Waals surface area contributed by atoms with E-state index in [0.717, 1.165) is 6.61 Å². The quantitative estimate of drug-likeness (QED) is 0.720. The Hall–Kier alpha value is -0.0800. The van der Waals surface area contributed by atoms with E-state index in [1.165, 1.54) is 25.7 Å². The minimum Gasteiger partial charge on any atom is -0.378 e. The highest BCUT2D eigenvalue weighted by Gasteiger charge is 2.48. The van der Waals surface area contributed by atoms with Crippen molar-refractivity contribution >= 4 is 0 Å². The Morgan fingerprint density at radius 2 is 2.00 bits per heavy atom. The molecule has 2 heteroatoms. The van der Waals surface area contributed by atoms with E-state index in [0.29, 0.717) is 23.6 Å². The molecule has 3 unspecified atom stereocenters. The second-order valence-electron chi connectivity index (χ2n) is 5.61. The van der Waals surface area contributed by atoms with Crippen LogP contribution in [0.2, 0.25) is 0 Å². The topological polar surface area (TPSA) is 21.3 Å². The molecule has 0 aliphatic heterocycles. The van der Waals surface area contributed by atoms with Gasteiger partial charge < -0.3 is 10.1 Å². The SMILES string of the molecule is CCCC(CC)NC1CC(OCC)C1(C)C. The lowest BCUT2D eigenvalue weighted by molar-refractivity contribution is -0.116. The summed E-state index contributed by atoms with van der Waals surface area (Å²) in [6.45, 7) is 12.1. The van der Waals surface area contributed by atoms with Gasteiger partial charge in [-0.25, -0.2) is 0 Å². The third-order valence-electron chi connectivity index (χ3n) is 4.11. The predicted molar refractivity (Wildman–Crippen MR) is 69.7 cm³/mol. The van der Waals surface area contributed by atoms with Gasteiger partial charge in [-0.05, 0) is 26.2 Å². The molecule has 16 heavy (non-hydrogen) atoms. The Balaban J connectivity index is 2.40. The van der Waals surface area contributed by atoms with Crippen LogP contribution in [0.1, 0.15) is 60.3 Å². The molecule has 0 aromatic rings. The Morgan fingerprint density at radius 3 is 2.44 bits per heavy atom. The van der Waals surface area contributed by atoms with Crippen molar-refractivity contribution in [2.45, 2.75) is 78.5 Å². The number of ether oxygens (including phenoxy) is 1. The van der Waals surface area contributed by atoms with Crippen molar-refractivity contribution in [2.24, 2.45) is 5.41 Å². The van der Waals surface area contributed by atoms with Crippen LogP contribution in [0.5, 0.6) is 0 Å². The highest BCUT2D eigenvalue weighted by atomic mass is 16.5. The van der Waals surface area contributed by atoms with E-state index in [2.05, 4.69) is 39.9 Å². The fourth-order valence-electron chi connectivity index (χ4n) is 2.69. The highest BCUT2D eigenvalue weighted by Crippen LogP contribution is 2.43. The molecule has 3 atom stereocenters. The maximum absolute atomic E-state index is 5.76. The van der Waals surface area contributed by atoms with Crippen molar-refractivity contribution < 1.29 is 4.74 Å². The second kappa shape index (κ2) is 6.02. The molecule has 1 fully saturated rings. The maximum Gasteiger partial charge on any atom is 0.0655 e. The summed E-state index contributed by atoms with van der Waals surface area (Å²) < 4.78 is 5.76. The van der Waals surface area contributed by atoms with Crippen molar-refractivity contribution in [3.8, 4) is 0 Å². The summed E-state index contributed by atoms with van der Waals surface area (Å²) in [6.07, 6.45) is 5.44. The standard InChI is InChI=1S/C14H29NO/c1-6-9-11(7-2)15-12-10-13(16-8-3)14(12,4)5/h11-13,15H,6-10H2,1-5H3. The summed E-state index contributed by atoms with van der Waals surface area (Å²) in [5, 5.41) is 3.80. The fraction of sp³-hybridized carbons (Fsp3) is 1.00. The van der Waals surface area contributed by atoms with Gasteiger partial charge in [0, 0.05) is 24.1 Å². The molecule has 2 nitrogen and oxygen atoms in total. The van der Waals surface area contributed by atoms with Crippen LogP contribution in [0.25, 0.3) is 0 Å². The molecule has 1 aliphatic rings. The first-order chi connectivity index (χ1) is 7.56. The monoisotopic (exact) mass is 227 g/mol. The number of nitrogens with one attached hydrogen (secondary N) is 1. The van der Waals surface area contributed by atoms with Gasteiger partial charge in [0.05, 0.1) is 6.10 Å². The molecular weight excluding hydrogens is 198 g/mol. The molecule has 0 aromatic heterocycles. The average molecular weight is 227 g/mol. The fourth-order valence-corrected chi connectivity index (χ4v) is 2.69. The molecule has 1 N–H and O–H groups in total. The molecule has 0 saturated heterocycles. The summed E-state index contributed by atoms with van der Waals surface area (Å²) in [4.78, 5) is 0. The second-order valence-corrected chi connectivity index (χ2v) is 5.61. The van der Waals surface area contributed by atoms with Gasteiger partial charge in [0.1, 0.15) is 0 Å². The lowest BCUT2D eigenvalue weighted by Crippen LogP contribution is -2.62. The molecule has 1 saturated carbocycles. The Morgan fingerprint density at radius 1 is 1.31 bits per heavy atom. The number of hydrogen-bond acceptors (Lipinski definition) is 2. The Labute approximate surface area is 101 Å². The zero-order valence-electron chi connectivity index (χ0n) is 11.7. The zero-order chi connectivity index (χ0) is 12.2. The van der Waals surface area contributed by atoms with E-state index in [9.17, 15) is 0 Å². The largest absolute Gasteiger partial charge is 0.378 e. The molecule has 0 bridgehead atoms. The van der Waals surface area contributed by atoms with E-state index in [-0.39, 0.29) is 0 Å². The zero-order valence-corrected chi connectivity index (χ0v) is 11.7. The normalized spacial score (nSPS) is 29.8. The van der Waals surface area contributed by atoms with Crippen LogP contribution in [-0.4, -0.2) is 24.8 Å². The van der Waals surface area contributed by atoms with Crippen LogP contribution in [0.3, 0.4) is 0 Å². The molecule has 0 spiro atoms. The van der Waals surface area contributed by atoms with E-state index < -0.39 is 0 Å². The van der Waals surface area contributed by atoms with Gasteiger partial charge in [0.2, 0.25) is 0 Å². The molecule has 96 valence electrons. The molecule has 0 aromatic carbocycles. The first kappa shape index (κ1) is 14.0. The van der Waals surface area contributed by atoms with Crippen LogP contribution in [0.4, 0.5) is 0 Å². The van der Waals surface area contributed by atoms with Crippen molar-refractivity contribution in [3.05, 3.63) is 0 Å². The van der Waals surface area contributed by atoms with Gasteiger partial charge in [0.25, 0.3) is 0 Å². The lowest BCUT2D eigenvalue weighted by Gasteiger charge is -2.53. The molecule has 0 heterocycles. The minimum atomic E-state index is 0.303. The lowest BCUT2D eigenvalue weighted by atomic mass is 9.64. The summed E-state index contributed by atoms with van der Waals surface area (Å²) >= 11 is 0. The summed E-state index contributed by atoms with van der Waals surface area (Å²) in [5.41, 5.74) is 0.303. The van der Waals surface area contributed by atoms with E-state index in [1.807, 2.05) is 0 Å². The molecule has 1 aliphatic carbocycles. The smallest absolute Gasteiger partial charge is 0.0655 e. The molecular formula is C14H29NO. The van der Waals surface area contributed by atoms with E-state index in [1.54, 1.807) is 0 Å². The predicted octanol–water partition coefficient (Wildman–Crippen LogP) is 3.36. The highest BCUT2D eigenvalue weighted by molar-refractivity contribution is 5.03. The van der Waals surface area contributed by atoms with Crippen molar-refractivity contribution in [3.63, 3.8) is 0 Å². The van der Waals surface area contributed by atoms with Gasteiger partial charge in [-0.15, -0.1) is 0 Å². The summed E-state index contributed by atoms with van der Waals surface area (Å²) in [5.74, 6) is 0.